The van der Waals surface area contributed by atoms with Crippen molar-refractivity contribution in [2.75, 3.05) is 40.3 Å². The number of carbonyl (C=O) groups excluding carboxylic acids is 1. The summed E-state index contributed by atoms with van der Waals surface area (Å²) in [5, 5.41) is 0. The monoisotopic (exact) mass is 284 g/mol. The van der Waals surface area contributed by atoms with Gasteiger partial charge in [-0.1, -0.05) is 12.1 Å². The van der Waals surface area contributed by atoms with Crippen molar-refractivity contribution in [3.05, 3.63) is 29.8 Å². The van der Waals surface area contributed by atoms with Crippen LogP contribution in [-0.2, 0) is 11.2 Å². The molecule has 4 nitrogen and oxygen atoms in total. The zero-order valence-electron chi connectivity index (χ0n) is 11.5. The molecule has 1 aromatic carbocycles. The third-order valence-corrected chi connectivity index (χ3v) is 3.37. The number of nitrogens with zero attached hydrogens (tertiary/aromatic N) is 2. The van der Waals surface area contributed by atoms with E-state index in [-0.39, 0.29) is 18.3 Å². The number of ether oxygens (including phenoxy) is 1. The molecule has 1 heterocycles. The predicted octanol–water partition coefficient (Wildman–Crippen LogP) is 1.43. The minimum absolute atomic E-state index is 0. The van der Waals surface area contributed by atoms with Crippen LogP contribution < -0.4 is 4.74 Å². The molecule has 1 aliphatic rings. The van der Waals surface area contributed by atoms with Crippen molar-refractivity contribution in [2.24, 2.45) is 0 Å². The molecule has 0 radical (unpaired) electrons. The van der Waals surface area contributed by atoms with Crippen LogP contribution in [0.5, 0.6) is 5.75 Å². The van der Waals surface area contributed by atoms with E-state index in [9.17, 15) is 4.79 Å². The number of hydrogen-bond acceptors (Lipinski definition) is 3. The SMILES string of the molecule is COc1ccc(CC(=O)N2CCN(C)CC2)cc1.Cl. The highest BCUT2D eigenvalue weighted by molar-refractivity contribution is 5.85. The summed E-state index contributed by atoms with van der Waals surface area (Å²) in [6.45, 7) is 3.61. The molecule has 0 bridgehead atoms. The Hall–Kier alpha value is -1.26. The molecule has 0 aliphatic carbocycles. The van der Waals surface area contributed by atoms with Gasteiger partial charge in [-0.2, -0.15) is 0 Å². The first-order chi connectivity index (χ1) is 8.69. The van der Waals surface area contributed by atoms with Gasteiger partial charge in [0.1, 0.15) is 5.75 Å². The number of rotatable bonds is 3. The Balaban J connectivity index is 0.00000180. The van der Waals surface area contributed by atoms with E-state index in [1.54, 1.807) is 7.11 Å². The number of hydrogen-bond donors (Lipinski definition) is 0. The molecule has 1 amide bonds. The van der Waals surface area contributed by atoms with Gasteiger partial charge in [-0.05, 0) is 24.7 Å². The van der Waals surface area contributed by atoms with Crippen LogP contribution in [0.4, 0.5) is 0 Å². The number of piperazine rings is 1. The van der Waals surface area contributed by atoms with Gasteiger partial charge in [-0.25, -0.2) is 0 Å². The topological polar surface area (TPSA) is 32.8 Å². The smallest absolute Gasteiger partial charge is 0.227 e. The fourth-order valence-electron chi connectivity index (χ4n) is 2.09. The summed E-state index contributed by atoms with van der Waals surface area (Å²) in [6.07, 6.45) is 0.480. The van der Waals surface area contributed by atoms with Crippen LogP contribution in [0.2, 0.25) is 0 Å². The summed E-state index contributed by atoms with van der Waals surface area (Å²) < 4.78 is 5.10. The molecule has 0 saturated carbocycles. The van der Waals surface area contributed by atoms with E-state index in [2.05, 4.69) is 11.9 Å². The highest BCUT2D eigenvalue weighted by Crippen LogP contribution is 2.12. The summed E-state index contributed by atoms with van der Waals surface area (Å²) in [6, 6.07) is 7.69. The Morgan fingerprint density at radius 1 is 1.16 bits per heavy atom. The summed E-state index contributed by atoms with van der Waals surface area (Å²) >= 11 is 0. The van der Waals surface area contributed by atoms with Gasteiger partial charge in [0.15, 0.2) is 0 Å². The molecule has 0 N–H and O–H groups in total. The van der Waals surface area contributed by atoms with E-state index < -0.39 is 0 Å². The summed E-state index contributed by atoms with van der Waals surface area (Å²) in [7, 11) is 3.73. The van der Waals surface area contributed by atoms with Crippen molar-refractivity contribution in [1.29, 1.82) is 0 Å². The van der Waals surface area contributed by atoms with Crippen molar-refractivity contribution in [1.82, 2.24) is 9.80 Å². The molecule has 0 aromatic heterocycles. The molecule has 0 spiro atoms. The summed E-state index contributed by atoms with van der Waals surface area (Å²) in [5.41, 5.74) is 1.04. The lowest BCUT2D eigenvalue weighted by atomic mass is 10.1. The Labute approximate surface area is 120 Å². The Morgan fingerprint density at radius 2 is 1.74 bits per heavy atom. The highest BCUT2D eigenvalue weighted by Gasteiger charge is 2.18. The van der Waals surface area contributed by atoms with Gasteiger partial charge in [0, 0.05) is 26.2 Å². The average Bonchev–Trinajstić information content (AvgIpc) is 2.40. The number of methoxy groups -OCH3 is 1. The van der Waals surface area contributed by atoms with E-state index in [4.69, 9.17) is 4.74 Å². The number of likely N-dealkylation sites (N-methyl/N-ethyl adjacent to an activating group) is 1. The number of halogens is 1. The fourth-order valence-corrected chi connectivity index (χ4v) is 2.09. The second-order valence-electron chi connectivity index (χ2n) is 4.71. The van der Waals surface area contributed by atoms with Gasteiger partial charge >= 0.3 is 0 Å². The molecule has 0 atom stereocenters. The van der Waals surface area contributed by atoms with Gasteiger partial charge in [0.05, 0.1) is 13.5 Å². The number of amides is 1. The third kappa shape index (κ3) is 4.40. The van der Waals surface area contributed by atoms with Crippen LogP contribution in [0, 0.1) is 0 Å². The molecule has 1 saturated heterocycles. The first-order valence-electron chi connectivity index (χ1n) is 6.28. The molecule has 2 rings (SSSR count). The van der Waals surface area contributed by atoms with E-state index in [1.165, 1.54) is 0 Å². The minimum Gasteiger partial charge on any atom is -0.497 e. The van der Waals surface area contributed by atoms with Gasteiger partial charge in [0.25, 0.3) is 0 Å². The minimum atomic E-state index is 0. The summed E-state index contributed by atoms with van der Waals surface area (Å²) in [4.78, 5) is 16.3. The van der Waals surface area contributed by atoms with E-state index in [1.807, 2.05) is 29.2 Å². The zero-order chi connectivity index (χ0) is 13.0. The standard InChI is InChI=1S/C14H20N2O2.ClH/c1-15-7-9-16(10-8-15)14(17)11-12-3-5-13(18-2)6-4-12;/h3-6H,7-11H2,1-2H3;1H. The largest absolute Gasteiger partial charge is 0.497 e. The Kier molecular flexibility index (Phi) is 6.12. The summed E-state index contributed by atoms with van der Waals surface area (Å²) in [5.74, 6) is 1.04. The predicted molar refractivity (Wildman–Crippen MR) is 78.0 cm³/mol. The molecule has 0 unspecified atom stereocenters. The van der Waals surface area contributed by atoms with Crippen LogP contribution in [0.3, 0.4) is 0 Å². The molecule has 19 heavy (non-hydrogen) atoms. The van der Waals surface area contributed by atoms with Crippen molar-refractivity contribution in [3.8, 4) is 5.75 Å². The van der Waals surface area contributed by atoms with Gasteiger partial charge in [-0.3, -0.25) is 4.79 Å². The van der Waals surface area contributed by atoms with Crippen molar-refractivity contribution < 1.29 is 9.53 Å². The van der Waals surface area contributed by atoms with Gasteiger partial charge in [-0.15, -0.1) is 12.4 Å². The lowest BCUT2D eigenvalue weighted by molar-refractivity contribution is -0.132. The van der Waals surface area contributed by atoms with Crippen molar-refractivity contribution >= 4 is 18.3 Å². The molecule has 1 fully saturated rings. The maximum Gasteiger partial charge on any atom is 0.227 e. The quantitative estimate of drug-likeness (QED) is 0.842. The molecule has 1 aromatic rings. The maximum atomic E-state index is 12.1. The van der Waals surface area contributed by atoms with Crippen molar-refractivity contribution in [2.45, 2.75) is 6.42 Å². The molecule has 5 heteroatoms. The third-order valence-electron chi connectivity index (χ3n) is 3.37. The number of carbonyl (C=O) groups is 1. The average molecular weight is 285 g/mol. The zero-order valence-corrected chi connectivity index (χ0v) is 12.3. The van der Waals surface area contributed by atoms with Crippen LogP contribution >= 0.6 is 12.4 Å². The molecule has 1 aliphatic heterocycles. The molecule has 106 valence electrons. The van der Waals surface area contributed by atoms with Gasteiger partial charge < -0.3 is 14.5 Å². The lowest BCUT2D eigenvalue weighted by Gasteiger charge is -2.32. The maximum absolute atomic E-state index is 12.1. The van der Waals surface area contributed by atoms with E-state index >= 15 is 0 Å². The number of benzene rings is 1. The Morgan fingerprint density at radius 3 is 2.26 bits per heavy atom. The van der Waals surface area contributed by atoms with Crippen LogP contribution in [0.1, 0.15) is 5.56 Å². The van der Waals surface area contributed by atoms with E-state index in [0.717, 1.165) is 37.5 Å². The second-order valence-corrected chi connectivity index (χ2v) is 4.71. The Bertz CT molecular complexity index is 400. The van der Waals surface area contributed by atoms with Crippen LogP contribution in [0.15, 0.2) is 24.3 Å². The van der Waals surface area contributed by atoms with Crippen molar-refractivity contribution in [3.63, 3.8) is 0 Å². The molecular formula is C14H21ClN2O2. The van der Waals surface area contributed by atoms with Crippen LogP contribution in [0.25, 0.3) is 0 Å². The molecular weight excluding hydrogens is 264 g/mol. The highest BCUT2D eigenvalue weighted by atomic mass is 35.5. The fraction of sp³-hybridized carbons (Fsp3) is 0.500. The first kappa shape index (κ1) is 15.8. The second kappa shape index (κ2) is 7.36. The lowest BCUT2D eigenvalue weighted by Crippen LogP contribution is -2.47. The van der Waals surface area contributed by atoms with Gasteiger partial charge in [0.2, 0.25) is 5.91 Å². The normalized spacial score (nSPS) is 15.8. The van der Waals surface area contributed by atoms with E-state index in [0.29, 0.717) is 6.42 Å². The van der Waals surface area contributed by atoms with Crippen LogP contribution in [-0.4, -0.2) is 56.0 Å². The first-order valence-corrected chi connectivity index (χ1v) is 6.28.